The maximum Gasteiger partial charge on any atom is 0.248 e. The molecule has 84 valence electrons. The fourth-order valence-electron chi connectivity index (χ4n) is 1.08. The van der Waals surface area contributed by atoms with Gasteiger partial charge in [-0.25, -0.2) is 0 Å². The minimum Gasteiger partial charge on any atom is -0.433 e. The van der Waals surface area contributed by atoms with Crippen LogP contribution in [0.1, 0.15) is 30.4 Å². The van der Waals surface area contributed by atoms with Gasteiger partial charge in [0.1, 0.15) is 0 Å². The van der Waals surface area contributed by atoms with Crippen LogP contribution >= 0.6 is 18.7 Å². The molecular weight excluding hydrogens is 231 g/mol. The molecule has 5 heteroatoms. The first kappa shape index (κ1) is 12.5. The molecule has 0 spiro atoms. The highest BCUT2D eigenvalue weighted by molar-refractivity contribution is 7.59. The van der Waals surface area contributed by atoms with E-state index in [2.05, 4.69) is 0 Å². The normalized spacial score (nSPS) is 11.4. The second-order valence-corrected chi connectivity index (χ2v) is 7.34. The van der Waals surface area contributed by atoms with Gasteiger partial charge in [-0.3, -0.25) is 9.36 Å². The van der Waals surface area contributed by atoms with E-state index in [-0.39, 0.29) is 5.78 Å². The molecule has 0 radical (unpaired) electrons. The molecule has 0 aliphatic rings. The largest absolute Gasteiger partial charge is 0.433 e. The molecule has 3 nitrogen and oxygen atoms in total. The van der Waals surface area contributed by atoms with E-state index in [9.17, 15) is 9.36 Å². The number of thiophene rings is 1. The monoisotopic (exact) mass is 246 g/mol. The first-order valence-electron chi connectivity index (χ1n) is 4.89. The third kappa shape index (κ3) is 3.18. The Hall–Kier alpha value is -0.600. The van der Waals surface area contributed by atoms with Gasteiger partial charge < -0.3 is 4.52 Å². The Kier molecular flexibility index (Phi) is 4.12. The topological polar surface area (TPSA) is 43.4 Å². The molecule has 0 bridgehead atoms. The quantitative estimate of drug-likeness (QED) is 0.588. The molecule has 1 rings (SSSR count). The van der Waals surface area contributed by atoms with Crippen LogP contribution in [0.5, 0.6) is 5.06 Å². The highest BCUT2D eigenvalue weighted by atomic mass is 32.1. The van der Waals surface area contributed by atoms with Crippen molar-refractivity contribution in [3.8, 4) is 5.06 Å². The molecule has 0 aliphatic carbocycles. The first-order valence-corrected chi connectivity index (χ1v) is 7.70. The van der Waals surface area contributed by atoms with E-state index in [1.807, 2.05) is 13.8 Å². The van der Waals surface area contributed by atoms with Gasteiger partial charge in [-0.2, -0.15) is 0 Å². The lowest BCUT2D eigenvalue weighted by Gasteiger charge is -2.14. The summed E-state index contributed by atoms with van der Waals surface area (Å²) in [4.78, 5) is 11.7. The molecule has 0 saturated carbocycles. The molecule has 1 aromatic heterocycles. The number of carbonyl (C=O) groups excluding carboxylic acids is 1. The van der Waals surface area contributed by atoms with E-state index in [0.29, 0.717) is 22.3 Å². The summed E-state index contributed by atoms with van der Waals surface area (Å²) in [5.41, 5.74) is 0. The maximum atomic E-state index is 12.0. The Morgan fingerprint density at radius 3 is 2.40 bits per heavy atom. The van der Waals surface area contributed by atoms with E-state index in [1.165, 1.54) is 18.3 Å². The second-order valence-electron chi connectivity index (χ2n) is 3.21. The zero-order valence-electron chi connectivity index (χ0n) is 9.15. The van der Waals surface area contributed by atoms with Crippen LogP contribution in [0.2, 0.25) is 0 Å². The van der Waals surface area contributed by atoms with Crippen molar-refractivity contribution in [2.45, 2.75) is 20.8 Å². The number of hydrogen-bond acceptors (Lipinski definition) is 4. The van der Waals surface area contributed by atoms with Crippen LogP contribution in [-0.4, -0.2) is 18.1 Å². The Morgan fingerprint density at radius 2 is 2.00 bits per heavy atom. The molecule has 15 heavy (non-hydrogen) atoms. The molecule has 0 aliphatic heterocycles. The van der Waals surface area contributed by atoms with Crippen LogP contribution in [-0.2, 0) is 4.57 Å². The predicted molar refractivity (Wildman–Crippen MR) is 63.6 cm³/mol. The third-order valence-electron chi connectivity index (χ3n) is 2.15. The molecule has 1 aromatic rings. The van der Waals surface area contributed by atoms with E-state index < -0.39 is 7.37 Å². The summed E-state index contributed by atoms with van der Waals surface area (Å²) in [5, 5.41) is 0.576. The summed E-state index contributed by atoms with van der Waals surface area (Å²) in [6.07, 6.45) is 1.05. The SMILES string of the molecule is CCP(=O)(CC)Oc1ccc(C(C)=O)s1. The van der Waals surface area contributed by atoms with Gasteiger partial charge >= 0.3 is 0 Å². The molecular formula is C10H15O3PS. The zero-order valence-corrected chi connectivity index (χ0v) is 10.9. The van der Waals surface area contributed by atoms with Gasteiger partial charge in [0.25, 0.3) is 0 Å². The molecule has 0 amide bonds. The summed E-state index contributed by atoms with van der Waals surface area (Å²) in [5.74, 6) is 0.0117. The number of hydrogen-bond donors (Lipinski definition) is 0. The molecule has 0 fully saturated rings. The Bertz CT molecular complexity index is 389. The van der Waals surface area contributed by atoms with Gasteiger partial charge in [0.05, 0.1) is 4.88 Å². The van der Waals surface area contributed by atoms with Crippen LogP contribution in [0.15, 0.2) is 12.1 Å². The molecule has 1 heterocycles. The van der Waals surface area contributed by atoms with Gasteiger partial charge in [0.2, 0.25) is 7.37 Å². The van der Waals surface area contributed by atoms with E-state index >= 15 is 0 Å². The summed E-state index contributed by atoms with van der Waals surface area (Å²) < 4.78 is 17.5. The summed E-state index contributed by atoms with van der Waals surface area (Å²) in [7, 11) is -2.52. The van der Waals surface area contributed by atoms with Crippen LogP contribution in [0, 0.1) is 0 Å². The van der Waals surface area contributed by atoms with Gasteiger partial charge in [-0.05, 0) is 19.1 Å². The van der Waals surface area contributed by atoms with E-state index in [0.717, 1.165) is 0 Å². The lowest BCUT2D eigenvalue weighted by molar-refractivity contribution is 0.102. The third-order valence-corrected chi connectivity index (χ3v) is 5.79. The van der Waals surface area contributed by atoms with Crippen molar-refractivity contribution in [3.63, 3.8) is 0 Å². The van der Waals surface area contributed by atoms with Crippen molar-refractivity contribution >= 4 is 24.5 Å². The highest BCUT2D eigenvalue weighted by Crippen LogP contribution is 2.47. The molecule has 0 saturated heterocycles. The Morgan fingerprint density at radius 1 is 1.40 bits per heavy atom. The van der Waals surface area contributed by atoms with Crippen molar-refractivity contribution in [3.05, 3.63) is 17.0 Å². The highest BCUT2D eigenvalue weighted by Gasteiger charge is 2.20. The Labute approximate surface area is 93.9 Å². The number of rotatable bonds is 5. The van der Waals surface area contributed by atoms with Crippen LogP contribution in [0.4, 0.5) is 0 Å². The van der Waals surface area contributed by atoms with Crippen molar-refractivity contribution in [2.75, 3.05) is 12.3 Å². The lowest BCUT2D eigenvalue weighted by atomic mass is 10.4. The molecule has 0 atom stereocenters. The van der Waals surface area contributed by atoms with E-state index in [4.69, 9.17) is 4.52 Å². The fraction of sp³-hybridized carbons (Fsp3) is 0.500. The van der Waals surface area contributed by atoms with Gasteiger partial charge in [-0.15, -0.1) is 0 Å². The average Bonchev–Trinajstić information content (AvgIpc) is 2.66. The van der Waals surface area contributed by atoms with E-state index in [1.54, 1.807) is 12.1 Å². The zero-order chi connectivity index (χ0) is 11.5. The Balaban J connectivity index is 2.81. The van der Waals surface area contributed by atoms with Crippen molar-refractivity contribution in [1.82, 2.24) is 0 Å². The number of carbonyl (C=O) groups is 1. The fourth-order valence-corrected chi connectivity index (χ4v) is 3.36. The average molecular weight is 246 g/mol. The minimum absolute atomic E-state index is 0.0117. The summed E-state index contributed by atoms with van der Waals surface area (Å²) in [6.45, 7) is 5.21. The molecule has 0 unspecified atom stereocenters. The smallest absolute Gasteiger partial charge is 0.248 e. The minimum atomic E-state index is -2.52. The molecule has 0 N–H and O–H groups in total. The number of ketones is 1. The van der Waals surface area contributed by atoms with Crippen LogP contribution in [0.25, 0.3) is 0 Å². The summed E-state index contributed by atoms with van der Waals surface area (Å²) in [6, 6.07) is 3.41. The number of Topliss-reactive ketones (excluding diaryl/α,β-unsaturated/α-hetero) is 1. The van der Waals surface area contributed by atoms with Crippen LogP contribution < -0.4 is 4.52 Å². The predicted octanol–water partition coefficient (Wildman–Crippen LogP) is 3.65. The first-order chi connectivity index (χ1) is 7.00. The lowest BCUT2D eigenvalue weighted by Crippen LogP contribution is -1.96. The van der Waals surface area contributed by atoms with Gasteiger partial charge in [0.15, 0.2) is 10.8 Å². The van der Waals surface area contributed by atoms with Crippen molar-refractivity contribution < 1.29 is 13.9 Å². The summed E-state index contributed by atoms with van der Waals surface area (Å²) >= 11 is 1.25. The van der Waals surface area contributed by atoms with Gasteiger partial charge in [-0.1, -0.05) is 25.2 Å². The second kappa shape index (κ2) is 4.95. The standard InChI is InChI=1S/C10H15O3PS/c1-4-14(12,5-2)13-10-7-6-9(15-10)8(3)11/h6-7H,4-5H2,1-3H3. The maximum absolute atomic E-state index is 12.0. The van der Waals surface area contributed by atoms with Gasteiger partial charge in [0, 0.05) is 12.3 Å². The van der Waals surface area contributed by atoms with Crippen LogP contribution in [0.3, 0.4) is 0 Å². The van der Waals surface area contributed by atoms with Crippen molar-refractivity contribution in [2.24, 2.45) is 0 Å². The molecule has 0 aromatic carbocycles. The van der Waals surface area contributed by atoms with Crippen molar-refractivity contribution in [1.29, 1.82) is 0 Å².